The highest BCUT2D eigenvalue weighted by molar-refractivity contribution is 5.68. The van der Waals surface area contributed by atoms with Gasteiger partial charge in [-0.15, -0.1) is 0 Å². The van der Waals surface area contributed by atoms with Gasteiger partial charge in [-0.05, 0) is 31.6 Å². The molecule has 2 aliphatic carbocycles. The number of rotatable bonds is 2. The van der Waals surface area contributed by atoms with Gasteiger partial charge in [-0.25, -0.2) is 4.79 Å². The minimum Gasteiger partial charge on any atom is -0.450 e. The molecule has 0 heterocycles. The van der Waals surface area contributed by atoms with Crippen molar-refractivity contribution in [2.45, 2.75) is 32.2 Å². The van der Waals surface area contributed by atoms with Gasteiger partial charge in [0.15, 0.2) is 0 Å². The monoisotopic (exact) mass is 169 g/mol. The van der Waals surface area contributed by atoms with Crippen LogP contribution in [0.5, 0.6) is 0 Å². The molecular weight excluding hydrogens is 154 g/mol. The molecule has 0 aromatic heterocycles. The first-order chi connectivity index (χ1) is 5.83. The average molecular weight is 169 g/mol. The van der Waals surface area contributed by atoms with E-state index in [-0.39, 0.29) is 6.09 Å². The topological polar surface area (TPSA) is 38.3 Å². The van der Waals surface area contributed by atoms with E-state index in [2.05, 4.69) is 5.32 Å². The summed E-state index contributed by atoms with van der Waals surface area (Å²) >= 11 is 0. The average Bonchev–Trinajstić information content (AvgIpc) is 2.51. The molecule has 0 saturated heterocycles. The van der Waals surface area contributed by atoms with Gasteiger partial charge < -0.3 is 10.1 Å². The number of nitrogens with one attached hydrogen (secondary N) is 1. The first-order valence-electron chi connectivity index (χ1n) is 4.76. The predicted molar refractivity (Wildman–Crippen MR) is 44.8 cm³/mol. The number of ether oxygens (including phenoxy) is 1. The summed E-state index contributed by atoms with van der Waals surface area (Å²) in [5, 5.41) is 2.90. The number of alkyl carbamates (subject to hydrolysis) is 1. The summed E-state index contributed by atoms with van der Waals surface area (Å²) in [7, 11) is 0. The van der Waals surface area contributed by atoms with E-state index in [0.29, 0.717) is 12.6 Å². The molecule has 0 bridgehead atoms. The Morgan fingerprint density at radius 3 is 2.75 bits per heavy atom. The van der Waals surface area contributed by atoms with Crippen LogP contribution in [-0.4, -0.2) is 18.7 Å². The lowest BCUT2D eigenvalue weighted by atomic mass is 10.2. The van der Waals surface area contributed by atoms with Gasteiger partial charge in [0.1, 0.15) is 0 Å². The number of fused-ring (bicyclic) bond motifs is 1. The third-order valence-corrected chi connectivity index (χ3v) is 2.97. The minimum atomic E-state index is -0.239. The number of carbonyl (C=O) groups is 1. The molecule has 0 aromatic rings. The molecule has 0 spiro atoms. The third kappa shape index (κ3) is 1.28. The van der Waals surface area contributed by atoms with E-state index in [1.807, 2.05) is 6.92 Å². The maximum Gasteiger partial charge on any atom is 0.407 e. The van der Waals surface area contributed by atoms with Crippen molar-refractivity contribution in [3.63, 3.8) is 0 Å². The van der Waals surface area contributed by atoms with Crippen LogP contribution in [0.4, 0.5) is 4.79 Å². The van der Waals surface area contributed by atoms with Crippen LogP contribution >= 0.6 is 0 Å². The number of carbonyl (C=O) groups excluding carboxylic acids is 1. The van der Waals surface area contributed by atoms with Crippen LogP contribution in [0.3, 0.4) is 0 Å². The van der Waals surface area contributed by atoms with Gasteiger partial charge in [0.25, 0.3) is 0 Å². The van der Waals surface area contributed by atoms with Gasteiger partial charge >= 0.3 is 6.09 Å². The molecule has 3 nitrogen and oxygen atoms in total. The Kier molecular flexibility index (Phi) is 1.95. The lowest BCUT2D eigenvalue weighted by molar-refractivity contribution is 0.150. The number of amides is 1. The molecule has 0 aromatic carbocycles. The van der Waals surface area contributed by atoms with Gasteiger partial charge in [-0.3, -0.25) is 0 Å². The van der Waals surface area contributed by atoms with Crippen molar-refractivity contribution in [3.05, 3.63) is 0 Å². The molecule has 2 unspecified atom stereocenters. The zero-order chi connectivity index (χ0) is 8.55. The van der Waals surface area contributed by atoms with Crippen LogP contribution in [0, 0.1) is 11.8 Å². The summed E-state index contributed by atoms with van der Waals surface area (Å²) in [4.78, 5) is 11.0. The smallest absolute Gasteiger partial charge is 0.407 e. The largest absolute Gasteiger partial charge is 0.450 e. The Hall–Kier alpha value is -0.730. The second-order valence-corrected chi connectivity index (χ2v) is 3.65. The third-order valence-electron chi connectivity index (χ3n) is 2.97. The molecule has 1 N–H and O–H groups in total. The summed E-state index contributed by atoms with van der Waals surface area (Å²) in [5.41, 5.74) is 0. The molecule has 0 aliphatic heterocycles. The standard InChI is InChI=1S/C9H15NO2/c1-2-12-9(11)10-8-6-4-3-5-7(6)8/h6-8H,2-5H2,1H3,(H,10,11). The van der Waals surface area contributed by atoms with Crippen molar-refractivity contribution in [2.75, 3.05) is 6.61 Å². The molecule has 2 rings (SSSR count). The minimum absolute atomic E-state index is 0.239. The van der Waals surface area contributed by atoms with Gasteiger partial charge in [-0.2, -0.15) is 0 Å². The van der Waals surface area contributed by atoms with Crippen LogP contribution < -0.4 is 5.32 Å². The second-order valence-electron chi connectivity index (χ2n) is 3.65. The molecule has 0 radical (unpaired) electrons. The van der Waals surface area contributed by atoms with Crippen LogP contribution in [0.2, 0.25) is 0 Å². The number of hydrogen-bond donors (Lipinski definition) is 1. The van der Waals surface area contributed by atoms with Crippen molar-refractivity contribution in [1.29, 1.82) is 0 Å². The Bertz CT molecular complexity index is 183. The normalized spacial score (nSPS) is 37.2. The van der Waals surface area contributed by atoms with Crippen molar-refractivity contribution >= 4 is 6.09 Å². The predicted octanol–water partition coefficient (Wildman–Crippen LogP) is 1.53. The first kappa shape index (κ1) is 7.90. The summed E-state index contributed by atoms with van der Waals surface area (Å²) < 4.78 is 4.81. The van der Waals surface area contributed by atoms with E-state index in [9.17, 15) is 4.79 Å². The molecular formula is C9H15NO2. The Balaban J connectivity index is 1.72. The zero-order valence-electron chi connectivity index (χ0n) is 7.38. The highest BCUT2D eigenvalue weighted by atomic mass is 16.5. The highest BCUT2D eigenvalue weighted by Crippen LogP contribution is 2.51. The molecule has 2 saturated carbocycles. The Morgan fingerprint density at radius 2 is 2.17 bits per heavy atom. The summed E-state index contributed by atoms with van der Waals surface area (Å²) in [6.07, 6.45) is 3.69. The Morgan fingerprint density at radius 1 is 1.50 bits per heavy atom. The fourth-order valence-corrected chi connectivity index (χ4v) is 2.34. The highest BCUT2D eigenvalue weighted by Gasteiger charge is 2.53. The molecule has 2 fully saturated rings. The van der Waals surface area contributed by atoms with Crippen LogP contribution in [0.1, 0.15) is 26.2 Å². The summed E-state index contributed by atoms with van der Waals surface area (Å²) in [6.45, 7) is 2.29. The molecule has 68 valence electrons. The van der Waals surface area contributed by atoms with Gasteiger partial charge in [0.2, 0.25) is 0 Å². The van der Waals surface area contributed by atoms with E-state index >= 15 is 0 Å². The molecule has 12 heavy (non-hydrogen) atoms. The van der Waals surface area contributed by atoms with Crippen LogP contribution in [-0.2, 0) is 4.74 Å². The summed E-state index contributed by atoms with van der Waals surface area (Å²) in [6, 6.07) is 0.442. The van der Waals surface area contributed by atoms with Crippen molar-refractivity contribution in [2.24, 2.45) is 11.8 Å². The molecule has 3 heteroatoms. The van der Waals surface area contributed by atoms with E-state index in [1.54, 1.807) is 0 Å². The van der Waals surface area contributed by atoms with Gasteiger partial charge in [-0.1, -0.05) is 6.42 Å². The fourth-order valence-electron chi connectivity index (χ4n) is 2.34. The molecule has 2 atom stereocenters. The SMILES string of the molecule is CCOC(=O)NC1C2CCCC21. The van der Waals surface area contributed by atoms with E-state index < -0.39 is 0 Å². The summed E-state index contributed by atoms with van der Waals surface area (Å²) in [5.74, 6) is 1.55. The lowest BCUT2D eigenvalue weighted by Gasteiger charge is -2.05. The maximum atomic E-state index is 11.0. The van der Waals surface area contributed by atoms with Gasteiger partial charge in [0.05, 0.1) is 6.61 Å². The first-order valence-corrected chi connectivity index (χ1v) is 4.76. The zero-order valence-corrected chi connectivity index (χ0v) is 7.38. The second kappa shape index (κ2) is 2.96. The van der Waals surface area contributed by atoms with E-state index in [1.165, 1.54) is 19.3 Å². The molecule has 2 aliphatic rings. The van der Waals surface area contributed by atoms with Crippen molar-refractivity contribution in [1.82, 2.24) is 5.32 Å². The van der Waals surface area contributed by atoms with E-state index in [4.69, 9.17) is 4.74 Å². The van der Waals surface area contributed by atoms with E-state index in [0.717, 1.165) is 11.8 Å². The Labute approximate surface area is 72.5 Å². The van der Waals surface area contributed by atoms with Gasteiger partial charge in [0, 0.05) is 6.04 Å². The van der Waals surface area contributed by atoms with Crippen LogP contribution in [0.25, 0.3) is 0 Å². The fraction of sp³-hybridized carbons (Fsp3) is 0.889. The lowest BCUT2D eigenvalue weighted by Crippen LogP contribution is -2.29. The van der Waals surface area contributed by atoms with Crippen LogP contribution in [0.15, 0.2) is 0 Å². The quantitative estimate of drug-likeness (QED) is 0.680. The molecule has 1 amide bonds. The van der Waals surface area contributed by atoms with Crippen molar-refractivity contribution in [3.8, 4) is 0 Å². The maximum absolute atomic E-state index is 11.0. The number of hydrogen-bond acceptors (Lipinski definition) is 2. The van der Waals surface area contributed by atoms with Crippen molar-refractivity contribution < 1.29 is 9.53 Å².